The number of alkyl carbamates (subject to hydrolysis) is 1. The van der Waals surface area contributed by atoms with Crippen LogP contribution in [0.15, 0.2) is 29.4 Å². The second-order valence-corrected chi connectivity index (χ2v) is 9.66. The van der Waals surface area contributed by atoms with E-state index in [9.17, 15) is 14.4 Å². The van der Waals surface area contributed by atoms with Gasteiger partial charge < -0.3 is 25.8 Å². The lowest BCUT2D eigenvalue weighted by Gasteiger charge is -2.23. The average molecular weight is 495 g/mol. The third kappa shape index (κ3) is 14.5. The molecule has 0 radical (unpaired) electrons. The summed E-state index contributed by atoms with van der Waals surface area (Å²) in [7, 11) is 0. The van der Waals surface area contributed by atoms with Crippen molar-refractivity contribution in [2.75, 3.05) is 13.1 Å². The minimum absolute atomic E-state index is 0.251. The van der Waals surface area contributed by atoms with E-state index in [0.29, 0.717) is 25.2 Å². The quantitative estimate of drug-likeness (QED) is 0.179. The van der Waals surface area contributed by atoms with Crippen molar-refractivity contribution < 1.29 is 24.2 Å². The zero-order valence-corrected chi connectivity index (χ0v) is 21.9. The molecule has 1 aliphatic heterocycles. The highest BCUT2D eigenvalue weighted by Gasteiger charge is 2.33. The molecule has 7 N–H and O–H groups in total. The molecule has 0 bridgehead atoms. The van der Waals surface area contributed by atoms with Gasteiger partial charge in [-0.25, -0.2) is 21.0 Å². The number of ether oxygens (including phenoxy) is 1. The number of hydrazine groups is 1. The Labute approximate surface area is 208 Å². The van der Waals surface area contributed by atoms with Crippen molar-refractivity contribution in [1.29, 1.82) is 0 Å². The van der Waals surface area contributed by atoms with Crippen LogP contribution in [0.5, 0.6) is 0 Å². The SMILES string of the molecule is CC(C)(C)OC(=O)NCC(=O)N1CCCC1C(=O)O.CC(C)C.Cc1ccc(/C(N)=N/NN)cc1. The number of carboxylic acid groups (broad SMARTS) is 1. The van der Waals surface area contributed by atoms with Crippen molar-refractivity contribution in [2.45, 2.75) is 73.0 Å². The summed E-state index contributed by atoms with van der Waals surface area (Å²) in [6.45, 7) is 13.8. The summed E-state index contributed by atoms with van der Waals surface area (Å²) < 4.78 is 4.99. The maximum absolute atomic E-state index is 11.8. The van der Waals surface area contributed by atoms with E-state index in [1.165, 1.54) is 10.5 Å². The molecule has 1 aliphatic rings. The summed E-state index contributed by atoms with van der Waals surface area (Å²) in [6, 6.07) is 6.94. The summed E-state index contributed by atoms with van der Waals surface area (Å²) in [5.41, 5.74) is 9.12. The van der Waals surface area contributed by atoms with Crippen LogP contribution in [0.1, 0.15) is 65.5 Å². The van der Waals surface area contributed by atoms with Gasteiger partial charge in [-0.15, -0.1) is 5.10 Å². The summed E-state index contributed by atoms with van der Waals surface area (Å²) in [6.07, 6.45) is 0.426. The van der Waals surface area contributed by atoms with E-state index in [-0.39, 0.29) is 6.54 Å². The fourth-order valence-corrected chi connectivity index (χ4v) is 2.74. The number of nitrogens with two attached hydrogens (primary N) is 2. The molecule has 0 spiro atoms. The van der Waals surface area contributed by atoms with Crippen molar-refractivity contribution >= 4 is 23.8 Å². The number of hydrogen-bond donors (Lipinski definition) is 5. The minimum Gasteiger partial charge on any atom is -0.480 e. The van der Waals surface area contributed by atoms with Crippen molar-refractivity contribution in [2.24, 2.45) is 22.6 Å². The number of hydrazone groups is 1. The molecule has 2 amide bonds. The number of benzene rings is 1. The maximum atomic E-state index is 11.8. The molecule has 1 aromatic carbocycles. The lowest BCUT2D eigenvalue weighted by atomic mass is 10.1. The smallest absolute Gasteiger partial charge is 0.408 e. The van der Waals surface area contributed by atoms with Crippen molar-refractivity contribution in [3.8, 4) is 0 Å². The van der Waals surface area contributed by atoms with Crippen molar-refractivity contribution in [3.05, 3.63) is 35.4 Å². The fourth-order valence-electron chi connectivity index (χ4n) is 2.74. The van der Waals surface area contributed by atoms with E-state index < -0.39 is 29.6 Å². The lowest BCUT2D eigenvalue weighted by Crippen LogP contribution is -2.46. The zero-order chi connectivity index (χ0) is 27.2. The molecule has 198 valence electrons. The third-order valence-corrected chi connectivity index (χ3v) is 4.17. The highest BCUT2D eigenvalue weighted by molar-refractivity contribution is 5.97. The van der Waals surface area contributed by atoms with Crippen LogP contribution < -0.4 is 22.4 Å². The van der Waals surface area contributed by atoms with E-state index in [0.717, 1.165) is 11.5 Å². The molecule has 1 atom stereocenters. The fraction of sp³-hybridized carbons (Fsp3) is 0.583. The number of amides is 2. The Bertz CT molecular complexity index is 831. The second kappa shape index (κ2) is 15.5. The normalized spacial score (nSPS) is 15.3. The van der Waals surface area contributed by atoms with Gasteiger partial charge in [-0.3, -0.25) is 4.79 Å². The van der Waals surface area contributed by atoms with Gasteiger partial charge in [0.1, 0.15) is 18.2 Å². The van der Waals surface area contributed by atoms with Crippen LogP contribution in [-0.2, 0) is 14.3 Å². The first kappa shape index (κ1) is 31.7. The van der Waals surface area contributed by atoms with Crippen molar-refractivity contribution in [3.63, 3.8) is 0 Å². The Morgan fingerprint density at radius 2 is 1.74 bits per heavy atom. The van der Waals surface area contributed by atoms with E-state index >= 15 is 0 Å². The summed E-state index contributed by atoms with van der Waals surface area (Å²) in [5, 5.41) is 14.9. The number of carboxylic acids is 1. The summed E-state index contributed by atoms with van der Waals surface area (Å²) >= 11 is 0. The molecule has 1 aromatic rings. The molecule has 0 aliphatic carbocycles. The number of carbonyl (C=O) groups is 3. The average Bonchev–Trinajstić information content (AvgIpc) is 3.22. The number of amidine groups is 1. The van der Waals surface area contributed by atoms with Gasteiger partial charge in [0, 0.05) is 12.1 Å². The number of aryl methyl sites for hydroxylation is 1. The molecule has 1 unspecified atom stereocenters. The van der Waals surface area contributed by atoms with Gasteiger partial charge in [0.2, 0.25) is 5.91 Å². The van der Waals surface area contributed by atoms with Crippen LogP contribution in [0.25, 0.3) is 0 Å². The summed E-state index contributed by atoms with van der Waals surface area (Å²) in [4.78, 5) is 35.4. The second-order valence-electron chi connectivity index (χ2n) is 9.66. The van der Waals surface area contributed by atoms with Gasteiger partial charge >= 0.3 is 12.1 Å². The predicted octanol–water partition coefficient (Wildman–Crippen LogP) is 2.33. The van der Waals surface area contributed by atoms with Crippen LogP contribution in [0, 0.1) is 12.8 Å². The Morgan fingerprint density at radius 3 is 2.20 bits per heavy atom. The molecule has 2 rings (SSSR count). The van der Waals surface area contributed by atoms with Gasteiger partial charge in [-0.05, 0) is 46.5 Å². The van der Waals surface area contributed by atoms with Crippen LogP contribution in [0.4, 0.5) is 4.79 Å². The number of hydrogen-bond acceptors (Lipinski definition) is 7. The Hall–Kier alpha value is -3.34. The largest absolute Gasteiger partial charge is 0.480 e. The van der Waals surface area contributed by atoms with Crippen molar-refractivity contribution in [1.82, 2.24) is 15.8 Å². The first-order chi connectivity index (χ1) is 16.2. The van der Waals surface area contributed by atoms with E-state index in [1.54, 1.807) is 20.8 Å². The first-order valence-electron chi connectivity index (χ1n) is 11.5. The highest BCUT2D eigenvalue weighted by atomic mass is 16.6. The van der Waals surface area contributed by atoms with Gasteiger partial charge in [0.15, 0.2) is 5.84 Å². The molecular weight excluding hydrogens is 452 g/mol. The minimum atomic E-state index is -1.01. The number of nitrogens with one attached hydrogen (secondary N) is 2. The number of aliphatic carboxylic acids is 1. The maximum Gasteiger partial charge on any atom is 0.408 e. The Balaban J connectivity index is 0.000000614. The summed E-state index contributed by atoms with van der Waals surface area (Å²) in [5.74, 6) is 4.78. The van der Waals surface area contributed by atoms with Crippen LogP contribution >= 0.6 is 0 Å². The predicted molar refractivity (Wildman–Crippen MR) is 136 cm³/mol. The van der Waals surface area contributed by atoms with E-state index in [1.807, 2.05) is 31.2 Å². The molecule has 35 heavy (non-hydrogen) atoms. The molecule has 1 fully saturated rings. The molecular formula is C24H42N6O5. The lowest BCUT2D eigenvalue weighted by molar-refractivity contribution is -0.147. The number of nitrogens with zero attached hydrogens (tertiary/aromatic N) is 2. The molecule has 1 heterocycles. The van der Waals surface area contributed by atoms with Gasteiger partial charge in [-0.2, -0.15) is 0 Å². The first-order valence-corrected chi connectivity index (χ1v) is 11.5. The molecule has 1 saturated heterocycles. The monoisotopic (exact) mass is 494 g/mol. The van der Waals surface area contributed by atoms with Gasteiger partial charge in [0.25, 0.3) is 0 Å². The number of rotatable bonds is 5. The molecule has 11 heteroatoms. The van der Waals surface area contributed by atoms with E-state index in [4.69, 9.17) is 21.4 Å². The van der Waals surface area contributed by atoms with Crippen LogP contribution in [0.3, 0.4) is 0 Å². The number of carbonyl (C=O) groups excluding carboxylic acids is 2. The van der Waals surface area contributed by atoms with Crippen LogP contribution in [-0.4, -0.2) is 58.5 Å². The third-order valence-electron chi connectivity index (χ3n) is 4.17. The van der Waals surface area contributed by atoms with Crippen LogP contribution in [0.2, 0.25) is 0 Å². The topological polar surface area (TPSA) is 172 Å². The molecule has 0 aromatic heterocycles. The van der Waals surface area contributed by atoms with E-state index in [2.05, 4.69) is 36.7 Å². The van der Waals surface area contributed by atoms with Gasteiger partial charge in [0.05, 0.1) is 0 Å². The zero-order valence-electron chi connectivity index (χ0n) is 21.9. The molecule has 11 nitrogen and oxygen atoms in total. The highest BCUT2D eigenvalue weighted by Crippen LogP contribution is 2.17. The standard InChI is InChI=1S/C12H20N2O5.C8H12N4.C4H10/c1-12(2,3)19-11(18)13-7-9(15)14-6-4-5-8(14)10(16)17;1-6-2-4-7(5-3-6)8(9)11-12-10;1-4(2)3/h8H,4-7H2,1-3H3,(H,13,18)(H,16,17);2-5,12H,10H2,1H3,(H2,9,11);4H,1-3H3. The Morgan fingerprint density at radius 1 is 1.20 bits per heavy atom. The number of likely N-dealkylation sites (tertiary alicyclic amines) is 1. The van der Waals surface area contributed by atoms with Gasteiger partial charge in [-0.1, -0.05) is 50.6 Å². The Kier molecular flexibility index (Phi) is 14.1. The molecule has 0 saturated carbocycles.